The van der Waals surface area contributed by atoms with Crippen LogP contribution in [-0.2, 0) is 0 Å². The molecule has 3 heterocycles. The SMILES string of the molecule is c1ccc(-c2ccc(-c3cc(-c4ccc(-n5c6ccccc6c6c7sc8ccccc8c7ccc65)cc4)nc(-c4ccccc4)n3)cc2)cc1. The Morgan fingerprint density at radius 3 is 1.68 bits per heavy atom. The number of thiophene rings is 1. The number of nitrogens with zero attached hydrogens (tertiary/aromatic N) is 3. The van der Waals surface area contributed by atoms with Crippen LogP contribution in [-0.4, -0.2) is 14.5 Å². The van der Waals surface area contributed by atoms with Gasteiger partial charge in [0.25, 0.3) is 0 Å². The molecule has 4 heteroatoms. The molecule has 0 aliphatic heterocycles. The van der Waals surface area contributed by atoms with E-state index in [4.69, 9.17) is 9.97 Å². The molecule has 50 heavy (non-hydrogen) atoms. The van der Waals surface area contributed by atoms with Crippen molar-refractivity contribution in [3.63, 3.8) is 0 Å². The molecular formula is C46H29N3S. The van der Waals surface area contributed by atoms with Gasteiger partial charge in [0.05, 0.1) is 22.4 Å². The van der Waals surface area contributed by atoms with Gasteiger partial charge in [0, 0.05) is 53.3 Å². The summed E-state index contributed by atoms with van der Waals surface area (Å²) < 4.78 is 5.06. The van der Waals surface area contributed by atoms with Gasteiger partial charge in [-0.1, -0.05) is 140 Å². The fourth-order valence-electron chi connectivity index (χ4n) is 7.22. The lowest BCUT2D eigenvalue weighted by Gasteiger charge is -2.12. The Bertz CT molecular complexity index is 2830. The van der Waals surface area contributed by atoms with Crippen molar-refractivity contribution in [2.24, 2.45) is 0 Å². The summed E-state index contributed by atoms with van der Waals surface area (Å²) >= 11 is 1.89. The van der Waals surface area contributed by atoms with Crippen molar-refractivity contribution in [1.29, 1.82) is 0 Å². The molecule has 3 nitrogen and oxygen atoms in total. The second kappa shape index (κ2) is 11.7. The van der Waals surface area contributed by atoms with Crippen LogP contribution in [0.3, 0.4) is 0 Å². The summed E-state index contributed by atoms with van der Waals surface area (Å²) in [5.41, 5.74) is 10.8. The van der Waals surface area contributed by atoms with E-state index in [1.54, 1.807) is 0 Å². The van der Waals surface area contributed by atoms with Gasteiger partial charge in [0.1, 0.15) is 0 Å². The molecule has 234 valence electrons. The van der Waals surface area contributed by atoms with E-state index in [0.717, 1.165) is 33.8 Å². The van der Waals surface area contributed by atoms with Gasteiger partial charge in [-0.2, -0.15) is 0 Å². The minimum Gasteiger partial charge on any atom is -0.309 e. The lowest BCUT2D eigenvalue weighted by molar-refractivity contribution is 1.17. The number of para-hydroxylation sites is 1. The monoisotopic (exact) mass is 655 g/mol. The molecule has 0 spiro atoms. The third-order valence-electron chi connectivity index (χ3n) is 9.65. The summed E-state index contributed by atoms with van der Waals surface area (Å²) in [6.07, 6.45) is 0. The predicted molar refractivity (Wildman–Crippen MR) is 211 cm³/mol. The van der Waals surface area contributed by atoms with Gasteiger partial charge >= 0.3 is 0 Å². The van der Waals surface area contributed by atoms with Crippen molar-refractivity contribution in [3.8, 4) is 50.7 Å². The van der Waals surface area contributed by atoms with Gasteiger partial charge in [0.15, 0.2) is 5.82 Å². The van der Waals surface area contributed by atoms with E-state index < -0.39 is 0 Å². The molecule has 10 aromatic rings. The first-order valence-corrected chi connectivity index (χ1v) is 17.6. The predicted octanol–water partition coefficient (Wildman–Crippen LogP) is 12.6. The number of benzene rings is 7. The molecule has 0 fully saturated rings. The second-order valence-corrected chi connectivity index (χ2v) is 13.7. The summed E-state index contributed by atoms with van der Waals surface area (Å²) in [6.45, 7) is 0. The molecule has 10 rings (SSSR count). The highest BCUT2D eigenvalue weighted by atomic mass is 32.1. The third-order valence-corrected chi connectivity index (χ3v) is 10.9. The maximum atomic E-state index is 5.10. The first kappa shape index (κ1) is 28.6. The number of aromatic nitrogens is 3. The van der Waals surface area contributed by atoms with Crippen molar-refractivity contribution < 1.29 is 0 Å². The second-order valence-electron chi connectivity index (χ2n) is 12.6. The van der Waals surface area contributed by atoms with Crippen LogP contribution in [0.4, 0.5) is 0 Å². The first-order chi connectivity index (χ1) is 24.8. The largest absolute Gasteiger partial charge is 0.309 e. The van der Waals surface area contributed by atoms with Crippen molar-refractivity contribution in [2.45, 2.75) is 0 Å². The average molecular weight is 656 g/mol. The molecule has 0 N–H and O–H groups in total. The molecular weight excluding hydrogens is 627 g/mol. The average Bonchev–Trinajstić information content (AvgIpc) is 3.74. The quantitative estimate of drug-likeness (QED) is 0.185. The van der Waals surface area contributed by atoms with Crippen molar-refractivity contribution in [3.05, 3.63) is 176 Å². The first-order valence-electron chi connectivity index (χ1n) is 16.8. The number of hydrogen-bond acceptors (Lipinski definition) is 3. The van der Waals surface area contributed by atoms with E-state index in [0.29, 0.717) is 5.82 Å². The molecule has 0 aliphatic rings. The smallest absolute Gasteiger partial charge is 0.160 e. The molecule has 0 atom stereocenters. The van der Waals surface area contributed by atoms with Gasteiger partial charge in [-0.05, 0) is 47.5 Å². The van der Waals surface area contributed by atoms with E-state index in [-0.39, 0.29) is 0 Å². The van der Waals surface area contributed by atoms with E-state index in [1.165, 1.54) is 53.1 Å². The highest BCUT2D eigenvalue weighted by Gasteiger charge is 2.18. The zero-order valence-corrected chi connectivity index (χ0v) is 27.8. The highest BCUT2D eigenvalue weighted by molar-refractivity contribution is 7.26. The van der Waals surface area contributed by atoms with E-state index in [9.17, 15) is 0 Å². The van der Waals surface area contributed by atoms with E-state index in [2.05, 4.69) is 156 Å². The molecule has 0 saturated carbocycles. The van der Waals surface area contributed by atoms with Gasteiger partial charge < -0.3 is 4.57 Å². The van der Waals surface area contributed by atoms with E-state index >= 15 is 0 Å². The maximum Gasteiger partial charge on any atom is 0.160 e. The Morgan fingerprint density at radius 1 is 0.400 bits per heavy atom. The van der Waals surface area contributed by atoms with Gasteiger partial charge in [-0.3, -0.25) is 0 Å². The fourth-order valence-corrected chi connectivity index (χ4v) is 8.48. The van der Waals surface area contributed by atoms with Crippen LogP contribution >= 0.6 is 11.3 Å². The summed E-state index contributed by atoms with van der Waals surface area (Å²) in [5, 5.41) is 5.23. The lowest BCUT2D eigenvalue weighted by atomic mass is 10.0. The van der Waals surface area contributed by atoms with E-state index in [1.807, 2.05) is 35.6 Å². The maximum absolute atomic E-state index is 5.10. The zero-order chi connectivity index (χ0) is 33.0. The summed E-state index contributed by atoms with van der Waals surface area (Å²) in [6, 6.07) is 62.3. The fraction of sp³-hybridized carbons (Fsp3) is 0. The molecule has 0 unspecified atom stereocenters. The third kappa shape index (κ3) is 4.73. The standard InChI is InChI=1S/C46H29N3S/c1-3-11-30(12-4-1)31-19-21-32(22-20-31)39-29-40(48-46(47-39)34-13-5-2-6-14-34)33-23-25-35(26-24-33)49-41-17-9-7-16-38(41)44-42(49)28-27-37-36-15-8-10-18-43(36)50-45(37)44/h1-29H. The lowest BCUT2D eigenvalue weighted by Crippen LogP contribution is -1.97. The molecule has 0 radical (unpaired) electrons. The molecule has 7 aromatic carbocycles. The Hall–Kier alpha value is -6.36. The van der Waals surface area contributed by atoms with Crippen LogP contribution in [0.5, 0.6) is 0 Å². The minimum absolute atomic E-state index is 0.712. The summed E-state index contributed by atoms with van der Waals surface area (Å²) in [4.78, 5) is 10.1. The van der Waals surface area contributed by atoms with Gasteiger partial charge in [-0.15, -0.1) is 11.3 Å². The summed E-state index contributed by atoms with van der Waals surface area (Å²) in [5.74, 6) is 0.712. The van der Waals surface area contributed by atoms with Crippen LogP contribution in [0.15, 0.2) is 176 Å². The normalized spacial score (nSPS) is 11.6. The Kier molecular flexibility index (Phi) is 6.68. The van der Waals surface area contributed by atoms with Crippen molar-refractivity contribution >= 4 is 53.3 Å². The Morgan fingerprint density at radius 2 is 0.960 bits per heavy atom. The number of rotatable bonds is 5. The Labute approximate surface area is 293 Å². The minimum atomic E-state index is 0.712. The van der Waals surface area contributed by atoms with Crippen LogP contribution in [0.2, 0.25) is 0 Å². The zero-order valence-electron chi connectivity index (χ0n) is 27.0. The molecule has 0 bridgehead atoms. The molecule has 0 aliphatic carbocycles. The van der Waals surface area contributed by atoms with Crippen molar-refractivity contribution in [2.75, 3.05) is 0 Å². The summed E-state index contributed by atoms with van der Waals surface area (Å²) in [7, 11) is 0. The van der Waals surface area contributed by atoms with Crippen LogP contribution < -0.4 is 0 Å². The van der Waals surface area contributed by atoms with Crippen LogP contribution in [0.1, 0.15) is 0 Å². The topological polar surface area (TPSA) is 30.7 Å². The Balaban J connectivity index is 1.09. The van der Waals surface area contributed by atoms with Crippen LogP contribution in [0, 0.1) is 0 Å². The number of fused-ring (bicyclic) bond motifs is 7. The highest BCUT2D eigenvalue weighted by Crippen LogP contribution is 2.43. The van der Waals surface area contributed by atoms with Gasteiger partial charge in [0.2, 0.25) is 0 Å². The number of hydrogen-bond donors (Lipinski definition) is 0. The van der Waals surface area contributed by atoms with Gasteiger partial charge in [-0.25, -0.2) is 9.97 Å². The molecule has 3 aromatic heterocycles. The van der Waals surface area contributed by atoms with Crippen molar-refractivity contribution in [1.82, 2.24) is 14.5 Å². The van der Waals surface area contributed by atoms with Crippen LogP contribution in [0.25, 0.3) is 92.7 Å². The molecule has 0 saturated heterocycles. The molecule has 0 amide bonds.